The number of rotatable bonds is 40. The molecule has 57 heavy (non-hydrogen) atoms. The molecule has 1 aliphatic rings. The Morgan fingerprint density at radius 3 is 1.35 bits per heavy atom. The number of carbonyl (C=O) groups is 2. The van der Waals surface area contributed by atoms with Crippen molar-refractivity contribution in [1.29, 1.82) is 0 Å². The molecule has 2 amide bonds. The summed E-state index contributed by atoms with van der Waals surface area (Å²) in [7, 11) is 0. The van der Waals surface area contributed by atoms with E-state index in [1.54, 1.807) is 6.92 Å². The molecule has 1 rings (SSSR count). The molecule has 0 aromatic heterocycles. The first-order valence-corrected chi connectivity index (χ1v) is 24.3. The lowest BCUT2D eigenvalue weighted by molar-refractivity contribution is -0.301. The van der Waals surface area contributed by atoms with Crippen LogP contribution < -0.4 is 5.32 Å². The third-order valence-electron chi connectivity index (χ3n) is 11.8. The van der Waals surface area contributed by atoms with Gasteiger partial charge in [-0.2, -0.15) is 0 Å². The predicted molar refractivity (Wildman–Crippen MR) is 233 cm³/mol. The molecule has 0 saturated carbocycles. The average Bonchev–Trinajstić information content (AvgIpc) is 3.21. The van der Waals surface area contributed by atoms with E-state index in [9.17, 15) is 30.0 Å². The van der Waals surface area contributed by atoms with E-state index >= 15 is 0 Å². The van der Waals surface area contributed by atoms with Crippen molar-refractivity contribution >= 4 is 11.8 Å². The lowest BCUT2D eigenvalue weighted by atomic mass is 9.99. The summed E-state index contributed by atoms with van der Waals surface area (Å²) in [5, 5.41) is 42.3. The molecule has 1 fully saturated rings. The lowest BCUT2D eigenvalue weighted by Gasteiger charge is -2.39. The molecule has 1 heterocycles. The molecule has 5 N–H and O–H groups in total. The van der Waals surface area contributed by atoms with Crippen LogP contribution in [0.4, 0.5) is 0 Å². The number of nitrogens with zero attached hydrogens (tertiary/aromatic N) is 1. The van der Waals surface area contributed by atoms with Gasteiger partial charge in [-0.15, -0.1) is 0 Å². The second-order valence-electron chi connectivity index (χ2n) is 17.2. The van der Waals surface area contributed by atoms with Crippen LogP contribution in [0.2, 0.25) is 0 Å². The first-order valence-electron chi connectivity index (χ1n) is 24.3. The SMILES string of the molecule is CCCCCCCCCCCCCCCCN(CCCCCCCCCCCCCCCC)C(=O)[C@H](C)NC(=O)CCCCCO[C@@H]1O[C@H](CO)[C@H](O)[C@H](O)[C@H]1O. The summed E-state index contributed by atoms with van der Waals surface area (Å²) in [6.45, 7) is 7.58. The molecule has 1 saturated heterocycles. The number of carbonyl (C=O) groups excluding carboxylic acids is 2. The van der Waals surface area contributed by atoms with Gasteiger partial charge in [0, 0.05) is 26.1 Å². The highest BCUT2D eigenvalue weighted by Crippen LogP contribution is 2.22. The maximum atomic E-state index is 13.6. The van der Waals surface area contributed by atoms with Gasteiger partial charge in [-0.3, -0.25) is 9.59 Å². The van der Waals surface area contributed by atoms with E-state index in [1.807, 2.05) is 4.90 Å². The monoisotopic (exact) mass is 813 g/mol. The number of unbranched alkanes of at least 4 members (excludes halogenated alkanes) is 28. The van der Waals surface area contributed by atoms with E-state index < -0.39 is 43.4 Å². The Morgan fingerprint density at radius 2 is 0.947 bits per heavy atom. The van der Waals surface area contributed by atoms with Crippen molar-refractivity contribution in [3.63, 3.8) is 0 Å². The van der Waals surface area contributed by atoms with E-state index in [-0.39, 0.29) is 18.4 Å². The van der Waals surface area contributed by atoms with Crippen LogP contribution in [0.3, 0.4) is 0 Å². The Labute approximate surface area is 350 Å². The van der Waals surface area contributed by atoms with E-state index in [1.165, 1.54) is 154 Å². The van der Waals surface area contributed by atoms with Crippen LogP contribution >= 0.6 is 0 Å². The number of ether oxygens (including phenoxy) is 2. The summed E-state index contributed by atoms with van der Waals surface area (Å²) >= 11 is 0. The molecule has 1 aliphatic heterocycles. The largest absolute Gasteiger partial charge is 0.394 e. The summed E-state index contributed by atoms with van der Waals surface area (Å²) < 4.78 is 10.9. The second kappa shape index (κ2) is 37.7. The molecule has 10 nitrogen and oxygen atoms in total. The molecular weight excluding hydrogens is 721 g/mol. The first kappa shape index (κ1) is 53.7. The number of nitrogens with one attached hydrogen (secondary N) is 1. The van der Waals surface area contributed by atoms with Crippen molar-refractivity contribution in [2.45, 2.75) is 263 Å². The summed E-state index contributed by atoms with van der Waals surface area (Å²) in [6, 6.07) is -0.565. The van der Waals surface area contributed by atoms with Gasteiger partial charge in [-0.05, 0) is 32.6 Å². The number of aliphatic hydroxyl groups is 4. The van der Waals surface area contributed by atoms with Crippen LogP contribution in [0.1, 0.15) is 226 Å². The molecule has 338 valence electrons. The molecule has 0 bridgehead atoms. The third-order valence-corrected chi connectivity index (χ3v) is 11.8. The Bertz CT molecular complexity index is 892. The van der Waals surface area contributed by atoms with Gasteiger partial charge >= 0.3 is 0 Å². The zero-order chi connectivity index (χ0) is 41.8. The molecule has 10 heteroatoms. The zero-order valence-corrected chi connectivity index (χ0v) is 37.3. The summed E-state index contributed by atoms with van der Waals surface area (Å²) in [4.78, 5) is 28.4. The normalized spacial score (nSPS) is 20.2. The van der Waals surface area contributed by atoms with Crippen molar-refractivity contribution in [3.8, 4) is 0 Å². The van der Waals surface area contributed by atoms with Crippen molar-refractivity contribution in [1.82, 2.24) is 10.2 Å². The van der Waals surface area contributed by atoms with Gasteiger partial charge in [0.05, 0.1) is 6.61 Å². The van der Waals surface area contributed by atoms with Crippen LogP contribution in [-0.4, -0.2) is 100 Å². The standard InChI is InChI=1S/C47H92N2O8/c1-4-6-8-10-12-14-16-18-20-22-24-26-28-32-36-49(37-33-29-27-25-23-21-19-17-15-13-11-9-7-5-2)46(55)40(3)48-42(51)35-31-30-34-38-56-47-45(54)44(53)43(52)41(39-50)57-47/h40-41,43-45,47,50,52-54H,4-39H2,1-3H3,(H,48,51)/t40-,41+,43-,44-,45+,47+/m0/s1. The van der Waals surface area contributed by atoms with Crippen molar-refractivity contribution < 1.29 is 39.5 Å². The fourth-order valence-corrected chi connectivity index (χ4v) is 7.94. The highest BCUT2D eigenvalue weighted by molar-refractivity contribution is 5.87. The molecule has 0 unspecified atom stereocenters. The summed E-state index contributed by atoms with van der Waals surface area (Å²) in [6.07, 6.45) is 32.3. The minimum Gasteiger partial charge on any atom is -0.394 e. The zero-order valence-electron chi connectivity index (χ0n) is 37.3. The Hall–Kier alpha value is -1.30. The Balaban J connectivity index is 2.36. The van der Waals surface area contributed by atoms with Gasteiger partial charge in [-0.1, -0.05) is 187 Å². The van der Waals surface area contributed by atoms with Crippen LogP contribution in [0, 0.1) is 0 Å². The maximum absolute atomic E-state index is 13.6. The molecule has 0 spiro atoms. The predicted octanol–water partition coefficient (Wildman–Crippen LogP) is 9.66. The molecule has 0 radical (unpaired) electrons. The van der Waals surface area contributed by atoms with Gasteiger partial charge in [0.2, 0.25) is 11.8 Å². The summed E-state index contributed by atoms with van der Waals surface area (Å²) in [5.74, 6) is -0.126. The molecular formula is C47H92N2O8. The van der Waals surface area contributed by atoms with Gasteiger partial charge in [0.25, 0.3) is 0 Å². The van der Waals surface area contributed by atoms with Crippen LogP contribution in [0.25, 0.3) is 0 Å². The second-order valence-corrected chi connectivity index (χ2v) is 17.2. The van der Waals surface area contributed by atoms with Gasteiger partial charge in [0.15, 0.2) is 6.29 Å². The minimum absolute atomic E-state index is 0.0145. The quantitative estimate of drug-likeness (QED) is 0.0384. The number of hydrogen-bond donors (Lipinski definition) is 5. The van der Waals surface area contributed by atoms with Crippen molar-refractivity contribution in [2.75, 3.05) is 26.3 Å². The number of amides is 2. The van der Waals surface area contributed by atoms with Gasteiger partial charge in [-0.25, -0.2) is 0 Å². The minimum atomic E-state index is -1.47. The summed E-state index contributed by atoms with van der Waals surface area (Å²) in [5.41, 5.74) is 0. The van der Waals surface area contributed by atoms with Gasteiger partial charge < -0.3 is 40.1 Å². The fraction of sp³-hybridized carbons (Fsp3) is 0.957. The Kier molecular flexibility index (Phi) is 35.5. The maximum Gasteiger partial charge on any atom is 0.244 e. The first-order chi connectivity index (χ1) is 27.8. The smallest absolute Gasteiger partial charge is 0.244 e. The van der Waals surface area contributed by atoms with E-state index in [0.717, 1.165) is 38.8 Å². The Morgan fingerprint density at radius 1 is 0.561 bits per heavy atom. The van der Waals surface area contributed by atoms with Crippen LogP contribution in [0.5, 0.6) is 0 Å². The molecule has 0 aliphatic carbocycles. The third kappa shape index (κ3) is 28.0. The fourth-order valence-electron chi connectivity index (χ4n) is 7.94. The average molecular weight is 813 g/mol. The molecule has 0 aromatic carbocycles. The van der Waals surface area contributed by atoms with E-state index in [0.29, 0.717) is 25.7 Å². The van der Waals surface area contributed by atoms with E-state index in [4.69, 9.17) is 9.47 Å². The van der Waals surface area contributed by atoms with Crippen molar-refractivity contribution in [2.24, 2.45) is 0 Å². The highest BCUT2D eigenvalue weighted by atomic mass is 16.7. The number of hydrogen-bond acceptors (Lipinski definition) is 8. The van der Waals surface area contributed by atoms with Gasteiger partial charge in [0.1, 0.15) is 30.5 Å². The van der Waals surface area contributed by atoms with E-state index in [2.05, 4.69) is 19.2 Å². The van der Waals surface area contributed by atoms with Crippen molar-refractivity contribution in [3.05, 3.63) is 0 Å². The molecule has 0 aromatic rings. The molecule has 6 atom stereocenters. The number of aliphatic hydroxyl groups excluding tert-OH is 4. The lowest BCUT2D eigenvalue weighted by Crippen LogP contribution is -2.59. The van der Waals surface area contributed by atoms with Crippen LogP contribution in [-0.2, 0) is 19.1 Å². The van der Waals surface area contributed by atoms with Crippen LogP contribution in [0.15, 0.2) is 0 Å². The highest BCUT2D eigenvalue weighted by Gasteiger charge is 2.43. The topological polar surface area (TPSA) is 149 Å².